The standard InChI is InChI=1S/C13H16N2O/c1-2-3-13(16)15-7-10-4-5-11-8-14-9-12(11)6-10/h2,4-6,14H,1,3,7-9H2,(H,15,16). The number of carbonyl (C=O) groups is 1. The Balaban J connectivity index is 1.95. The molecule has 0 saturated heterocycles. The molecule has 0 atom stereocenters. The highest BCUT2D eigenvalue weighted by Crippen LogP contribution is 2.16. The summed E-state index contributed by atoms with van der Waals surface area (Å²) in [5.74, 6) is 0.0219. The minimum atomic E-state index is 0.0219. The molecule has 2 N–H and O–H groups in total. The van der Waals surface area contributed by atoms with Gasteiger partial charge in [-0.05, 0) is 16.7 Å². The maximum absolute atomic E-state index is 11.3. The van der Waals surface area contributed by atoms with Crippen LogP contribution in [0.15, 0.2) is 30.9 Å². The van der Waals surface area contributed by atoms with Crippen LogP contribution >= 0.6 is 0 Å². The molecule has 0 bridgehead atoms. The van der Waals surface area contributed by atoms with Crippen LogP contribution in [0.5, 0.6) is 0 Å². The van der Waals surface area contributed by atoms with Crippen LogP contribution in [0.25, 0.3) is 0 Å². The van der Waals surface area contributed by atoms with Crippen molar-refractivity contribution in [3.8, 4) is 0 Å². The van der Waals surface area contributed by atoms with Gasteiger partial charge in [-0.3, -0.25) is 4.79 Å². The number of amides is 1. The van der Waals surface area contributed by atoms with Gasteiger partial charge >= 0.3 is 0 Å². The number of benzene rings is 1. The number of rotatable bonds is 4. The monoisotopic (exact) mass is 216 g/mol. The van der Waals surface area contributed by atoms with Gasteiger partial charge in [0.1, 0.15) is 0 Å². The lowest BCUT2D eigenvalue weighted by molar-refractivity contribution is -0.120. The average molecular weight is 216 g/mol. The molecular weight excluding hydrogens is 200 g/mol. The zero-order chi connectivity index (χ0) is 11.4. The summed E-state index contributed by atoms with van der Waals surface area (Å²) < 4.78 is 0. The Hall–Kier alpha value is -1.61. The summed E-state index contributed by atoms with van der Waals surface area (Å²) in [7, 11) is 0. The Labute approximate surface area is 95.6 Å². The molecule has 0 saturated carbocycles. The number of nitrogens with one attached hydrogen (secondary N) is 2. The lowest BCUT2D eigenvalue weighted by Gasteiger charge is -2.05. The van der Waals surface area contributed by atoms with Crippen LogP contribution in [0.4, 0.5) is 0 Å². The third kappa shape index (κ3) is 2.49. The van der Waals surface area contributed by atoms with E-state index in [-0.39, 0.29) is 5.91 Å². The highest BCUT2D eigenvalue weighted by Gasteiger charge is 2.09. The van der Waals surface area contributed by atoms with Crippen molar-refractivity contribution in [1.82, 2.24) is 10.6 Å². The van der Waals surface area contributed by atoms with Gasteiger partial charge in [-0.1, -0.05) is 24.3 Å². The Morgan fingerprint density at radius 2 is 2.25 bits per heavy atom. The molecule has 3 heteroatoms. The maximum atomic E-state index is 11.3. The molecule has 1 heterocycles. The third-order valence-corrected chi connectivity index (χ3v) is 2.72. The number of fused-ring (bicyclic) bond motifs is 1. The van der Waals surface area contributed by atoms with Crippen LogP contribution in [-0.2, 0) is 24.4 Å². The number of hydrogen-bond acceptors (Lipinski definition) is 2. The van der Waals surface area contributed by atoms with Crippen molar-refractivity contribution in [3.05, 3.63) is 47.5 Å². The largest absolute Gasteiger partial charge is 0.352 e. The van der Waals surface area contributed by atoms with Gasteiger partial charge < -0.3 is 10.6 Å². The second-order valence-corrected chi connectivity index (χ2v) is 3.98. The van der Waals surface area contributed by atoms with E-state index in [0.717, 1.165) is 18.7 Å². The van der Waals surface area contributed by atoms with Gasteiger partial charge in [-0.25, -0.2) is 0 Å². The quantitative estimate of drug-likeness (QED) is 0.748. The van der Waals surface area contributed by atoms with Crippen LogP contribution in [0, 0.1) is 0 Å². The van der Waals surface area contributed by atoms with Crippen LogP contribution in [0.1, 0.15) is 23.1 Å². The first kappa shape index (κ1) is 10.9. The average Bonchev–Trinajstić information content (AvgIpc) is 2.74. The molecule has 1 aliphatic rings. The molecule has 0 aliphatic carbocycles. The second-order valence-electron chi connectivity index (χ2n) is 3.98. The summed E-state index contributed by atoms with van der Waals surface area (Å²) in [6.45, 7) is 6.02. The van der Waals surface area contributed by atoms with Gasteiger partial charge in [0, 0.05) is 26.1 Å². The van der Waals surface area contributed by atoms with E-state index in [1.165, 1.54) is 11.1 Å². The maximum Gasteiger partial charge on any atom is 0.224 e. The second kappa shape index (κ2) is 4.94. The van der Waals surface area contributed by atoms with Crippen molar-refractivity contribution < 1.29 is 4.79 Å². The van der Waals surface area contributed by atoms with E-state index < -0.39 is 0 Å². The van der Waals surface area contributed by atoms with Crippen LogP contribution in [0.2, 0.25) is 0 Å². The fraction of sp³-hybridized carbons (Fsp3) is 0.308. The molecule has 1 amide bonds. The van der Waals surface area contributed by atoms with Crippen molar-refractivity contribution in [2.24, 2.45) is 0 Å². The van der Waals surface area contributed by atoms with Crippen molar-refractivity contribution in [1.29, 1.82) is 0 Å². The third-order valence-electron chi connectivity index (χ3n) is 2.72. The molecule has 3 nitrogen and oxygen atoms in total. The predicted octanol–water partition coefficient (Wildman–Crippen LogP) is 1.48. The molecule has 1 aromatic rings. The minimum absolute atomic E-state index is 0.0219. The fourth-order valence-electron chi connectivity index (χ4n) is 1.86. The van der Waals surface area contributed by atoms with E-state index in [1.807, 2.05) is 0 Å². The molecule has 84 valence electrons. The molecule has 0 unspecified atom stereocenters. The summed E-state index contributed by atoms with van der Waals surface area (Å²) in [5, 5.41) is 6.16. The molecule has 0 aromatic heterocycles. The highest BCUT2D eigenvalue weighted by molar-refractivity contribution is 5.77. The molecule has 0 fully saturated rings. The van der Waals surface area contributed by atoms with Crippen LogP contribution < -0.4 is 10.6 Å². The first-order valence-electron chi connectivity index (χ1n) is 5.48. The summed E-state index contributed by atoms with van der Waals surface area (Å²) >= 11 is 0. The summed E-state index contributed by atoms with van der Waals surface area (Å²) in [6.07, 6.45) is 1.99. The molecule has 0 radical (unpaired) electrons. The Bertz CT molecular complexity index is 412. The van der Waals surface area contributed by atoms with Crippen molar-refractivity contribution in [2.45, 2.75) is 26.1 Å². The van der Waals surface area contributed by atoms with Crippen molar-refractivity contribution in [2.75, 3.05) is 0 Å². The Morgan fingerprint density at radius 1 is 1.44 bits per heavy atom. The highest BCUT2D eigenvalue weighted by atomic mass is 16.1. The number of hydrogen-bond donors (Lipinski definition) is 2. The molecule has 16 heavy (non-hydrogen) atoms. The Morgan fingerprint density at radius 3 is 3.06 bits per heavy atom. The van der Waals surface area contributed by atoms with Gasteiger partial charge in [0.2, 0.25) is 5.91 Å². The van der Waals surface area contributed by atoms with Gasteiger partial charge in [-0.2, -0.15) is 0 Å². The fourth-order valence-corrected chi connectivity index (χ4v) is 1.86. The van der Waals surface area contributed by atoms with E-state index in [9.17, 15) is 4.79 Å². The number of carbonyl (C=O) groups excluding carboxylic acids is 1. The lowest BCUT2D eigenvalue weighted by atomic mass is 10.1. The minimum Gasteiger partial charge on any atom is -0.352 e. The van der Waals surface area contributed by atoms with E-state index in [1.54, 1.807) is 6.08 Å². The van der Waals surface area contributed by atoms with E-state index in [2.05, 4.69) is 35.4 Å². The molecular formula is C13H16N2O. The summed E-state index contributed by atoms with van der Waals surface area (Å²) in [4.78, 5) is 11.3. The smallest absolute Gasteiger partial charge is 0.224 e. The molecule has 1 aromatic carbocycles. The zero-order valence-corrected chi connectivity index (χ0v) is 9.25. The topological polar surface area (TPSA) is 41.1 Å². The van der Waals surface area contributed by atoms with Crippen LogP contribution in [-0.4, -0.2) is 5.91 Å². The SMILES string of the molecule is C=CCC(=O)NCc1ccc2c(c1)CNC2. The van der Waals surface area contributed by atoms with Crippen molar-refractivity contribution >= 4 is 5.91 Å². The first-order valence-corrected chi connectivity index (χ1v) is 5.48. The van der Waals surface area contributed by atoms with E-state index in [4.69, 9.17) is 0 Å². The first-order chi connectivity index (χ1) is 7.79. The Kier molecular flexibility index (Phi) is 3.37. The van der Waals surface area contributed by atoms with E-state index >= 15 is 0 Å². The molecule has 1 aliphatic heterocycles. The summed E-state index contributed by atoms with van der Waals surface area (Å²) in [6, 6.07) is 6.36. The van der Waals surface area contributed by atoms with Gasteiger partial charge in [0.05, 0.1) is 0 Å². The summed E-state index contributed by atoms with van der Waals surface area (Å²) in [5.41, 5.74) is 3.86. The zero-order valence-electron chi connectivity index (χ0n) is 9.25. The lowest BCUT2D eigenvalue weighted by Crippen LogP contribution is -2.21. The van der Waals surface area contributed by atoms with Crippen LogP contribution in [0.3, 0.4) is 0 Å². The normalized spacial score (nSPS) is 13.2. The predicted molar refractivity (Wildman–Crippen MR) is 63.6 cm³/mol. The molecule has 2 rings (SSSR count). The van der Waals surface area contributed by atoms with Gasteiger partial charge in [-0.15, -0.1) is 6.58 Å². The van der Waals surface area contributed by atoms with Gasteiger partial charge in [0.25, 0.3) is 0 Å². The molecule has 0 spiro atoms. The van der Waals surface area contributed by atoms with Gasteiger partial charge in [0.15, 0.2) is 0 Å². The van der Waals surface area contributed by atoms with Crippen molar-refractivity contribution in [3.63, 3.8) is 0 Å². The van der Waals surface area contributed by atoms with E-state index in [0.29, 0.717) is 13.0 Å².